The molecule has 0 aliphatic heterocycles. The molecular weight excluding hydrogens is 250 g/mol. The highest BCUT2D eigenvalue weighted by Gasteiger charge is 1.95. The Morgan fingerprint density at radius 1 is 0.850 bits per heavy atom. The molecule has 0 radical (unpaired) electrons. The Kier molecular flexibility index (Phi) is 5.90. The molecule has 0 fully saturated rings. The zero-order valence-electron chi connectivity index (χ0n) is 13.1. The summed E-state index contributed by atoms with van der Waals surface area (Å²) >= 11 is 0. The van der Waals surface area contributed by atoms with Gasteiger partial charge >= 0.3 is 0 Å². The molecule has 20 heavy (non-hydrogen) atoms. The molecule has 108 valence electrons. The molecular formula is C15H23N5. The van der Waals surface area contributed by atoms with Gasteiger partial charge in [-0.15, -0.1) is 0 Å². The van der Waals surface area contributed by atoms with E-state index in [1.807, 2.05) is 63.2 Å². The lowest BCUT2D eigenvalue weighted by Gasteiger charge is -2.10. The maximum atomic E-state index is 4.19. The topological polar surface area (TPSA) is 45.2 Å². The van der Waals surface area contributed by atoms with Crippen molar-refractivity contribution in [3.8, 4) is 0 Å². The van der Waals surface area contributed by atoms with Crippen LogP contribution in [0.5, 0.6) is 0 Å². The van der Waals surface area contributed by atoms with Crippen molar-refractivity contribution in [2.24, 2.45) is 0 Å². The van der Waals surface area contributed by atoms with Gasteiger partial charge in [-0.1, -0.05) is 0 Å². The highest BCUT2D eigenvalue weighted by Crippen LogP contribution is 2.07. The fourth-order valence-electron chi connectivity index (χ4n) is 1.42. The molecule has 0 aliphatic carbocycles. The van der Waals surface area contributed by atoms with Crippen LogP contribution in [0.2, 0.25) is 0 Å². The number of hydrogen-bond donors (Lipinski definition) is 0. The monoisotopic (exact) mass is 273 g/mol. The Morgan fingerprint density at radius 2 is 1.50 bits per heavy atom. The molecule has 0 amide bonds. The largest absolute Gasteiger partial charge is 0.363 e. The molecule has 5 nitrogen and oxygen atoms in total. The lowest BCUT2D eigenvalue weighted by Crippen LogP contribution is -2.12. The lowest BCUT2D eigenvalue weighted by atomic mass is 10.3. The summed E-state index contributed by atoms with van der Waals surface area (Å²) < 4.78 is 0. The van der Waals surface area contributed by atoms with Crippen LogP contribution in [-0.2, 0) is 0 Å². The van der Waals surface area contributed by atoms with E-state index < -0.39 is 0 Å². The van der Waals surface area contributed by atoms with Gasteiger partial charge in [-0.3, -0.25) is 0 Å². The molecule has 5 heteroatoms. The molecule has 0 N–H and O–H groups in total. The number of nitrogens with zero attached hydrogens (tertiary/aromatic N) is 5. The SMILES string of the molecule is Cc1ccnc(N(C)C)c1.Cc1ccnc(N(C)C)n1. The molecule has 2 aromatic heterocycles. The van der Waals surface area contributed by atoms with E-state index in [4.69, 9.17) is 0 Å². The quantitative estimate of drug-likeness (QED) is 0.840. The zero-order valence-corrected chi connectivity index (χ0v) is 13.1. The zero-order chi connectivity index (χ0) is 15.1. The summed E-state index contributed by atoms with van der Waals surface area (Å²) in [5, 5.41) is 0. The molecule has 2 heterocycles. The molecule has 0 aromatic carbocycles. The second-order valence-electron chi connectivity index (χ2n) is 4.98. The minimum Gasteiger partial charge on any atom is -0.363 e. The summed E-state index contributed by atoms with van der Waals surface area (Å²) in [6.45, 7) is 4.02. The third-order valence-electron chi connectivity index (χ3n) is 2.54. The average Bonchev–Trinajstić information content (AvgIpc) is 2.39. The number of rotatable bonds is 2. The van der Waals surface area contributed by atoms with Crippen molar-refractivity contribution in [3.05, 3.63) is 41.9 Å². The van der Waals surface area contributed by atoms with E-state index in [0.717, 1.165) is 17.5 Å². The number of pyridine rings is 1. The summed E-state index contributed by atoms with van der Waals surface area (Å²) in [5.74, 6) is 1.78. The predicted octanol–water partition coefficient (Wildman–Crippen LogP) is 2.31. The Labute approximate surface area is 121 Å². The summed E-state index contributed by atoms with van der Waals surface area (Å²) in [7, 11) is 7.83. The van der Waals surface area contributed by atoms with Crippen LogP contribution in [0.15, 0.2) is 30.6 Å². The van der Waals surface area contributed by atoms with Crippen molar-refractivity contribution in [2.45, 2.75) is 13.8 Å². The summed E-state index contributed by atoms with van der Waals surface area (Å²) in [4.78, 5) is 16.3. The van der Waals surface area contributed by atoms with Crippen LogP contribution < -0.4 is 9.80 Å². The fraction of sp³-hybridized carbons (Fsp3) is 0.400. The molecule has 0 bridgehead atoms. The van der Waals surface area contributed by atoms with Gasteiger partial charge in [0, 0.05) is 46.3 Å². The lowest BCUT2D eigenvalue weighted by molar-refractivity contribution is 0.977. The van der Waals surface area contributed by atoms with Gasteiger partial charge in [0.2, 0.25) is 5.95 Å². The number of hydrogen-bond acceptors (Lipinski definition) is 5. The van der Waals surface area contributed by atoms with Crippen molar-refractivity contribution in [1.29, 1.82) is 0 Å². The standard InChI is InChI=1S/C8H12N2.C7H11N3/c1-7-4-5-9-8(6-7)10(2)3;1-6-4-5-8-7(9-6)10(2)3/h4-6H,1-3H3;4-5H,1-3H3. The molecule has 0 saturated heterocycles. The van der Waals surface area contributed by atoms with Gasteiger partial charge in [-0.25, -0.2) is 15.0 Å². The van der Waals surface area contributed by atoms with E-state index in [2.05, 4.69) is 27.9 Å². The first kappa shape index (κ1) is 15.9. The Balaban J connectivity index is 0.000000200. The van der Waals surface area contributed by atoms with Crippen LogP contribution in [0.1, 0.15) is 11.3 Å². The van der Waals surface area contributed by atoms with E-state index in [-0.39, 0.29) is 0 Å². The maximum absolute atomic E-state index is 4.19. The van der Waals surface area contributed by atoms with Gasteiger partial charge < -0.3 is 9.80 Å². The van der Waals surface area contributed by atoms with Crippen LogP contribution >= 0.6 is 0 Å². The van der Waals surface area contributed by atoms with Gasteiger partial charge in [0.15, 0.2) is 0 Å². The van der Waals surface area contributed by atoms with Crippen molar-refractivity contribution in [3.63, 3.8) is 0 Å². The van der Waals surface area contributed by atoms with Crippen molar-refractivity contribution in [2.75, 3.05) is 38.0 Å². The second kappa shape index (κ2) is 7.43. The average molecular weight is 273 g/mol. The van der Waals surface area contributed by atoms with E-state index in [0.29, 0.717) is 0 Å². The molecule has 2 aromatic rings. The van der Waals surface area contributed by atoms with Crippen LogP contribution in [0, 0.1) is 13.8 Å². The first-order valence-electron chi connectivity index (χ1n) is 6.47. The van der Waals surface area contributed by atoms with E-state index in [1.165, 1.54) is 5.56 Å². The minimum absolute atomic E-state index is 0.764. The smallest absolute Gasteiger partial charge is 0.224 e. The number of aryl methyl sites for hydroxylation is 2. The van der Waals surface area contributed by atoms with Crippen molar-refractivity contribution >= 4 is 11.8 Å². The highest BCUT2D eigenvalue weighted by atomic mass is 15.2. The van der Waals surface area contributed by atoms with Crippen LogP contribution in [0.4, 0.5) is 11.8 Å². The van der Waals surface area contributed by atoms with Gasteiger partial charge in [-0.05, 0) is 37.6 Å². The van der Waals surface area contributed by atoms with Crippen molar-refractivity contribution < 1.29 is 0 Å². The first-order valence-corrected chi connectivity index (χ1v) is 6.47. The Bertz CT molecular complexity index is 488. The van der Waals surface area contributed by atoms with Gasteiger partial charge in [0.05, 0.1) is 0 Å². The third kappa shape index (κ3) is 5.22. The van der Waals surface area contributed by atoms with E-state index in [9.17, 15) is 0 Å². The van der Waals surface area contributed by atoms with Gasteiger partial charge in [-0.2, -0.15) is 0 Å². The van der Waals surface area contributed by atoms with Crippen LogP contribution in [0.3, 0.4) is 0 Å². The summed E-state index contributed by atoms with van der Waals surface area (Å²) in [5.41, 5.74) is 2.25. The van der Waals surface area contributed by atoms with Crippen molar-refractivity contribution in [1.82, 2.24) is 15.0 Å². The molecule has 0 spiro atoms. The third-order valence-corrected chi connectivity index (χ3v) is 2.54. The van der Waals surface area contributed by atoms with Gasteiger partial charge in [0.1, 0.15) is 5.82 Å². The molecule has 0 atom stereocenters. The number of aromatic nitrogens is 3. The van der Waals surface area contributed by atoms with E-state index >= 15 is 0 Å². The summed E-state index contributed by atoms with van der Waals surface area (Å²) in [6, 6.07) is 5.93. The fourth-order valence-corrected chi connectivity index (χ4v) is 1.42. The normalized spacial score (nSPS) is 9.50. The van der Waals surface area contributed by atoms with Gasteiger partial charge in [0.25, 0.3) is 0 Å². The summed E-state index contributed by atoms with van der Waals surface area (Å²) in [6.07, 6.45) is 3.59. The Morgan fingerprint density at radius 3 is 1.90 bits per heavy atom. The van der Waals surface area contributed by atoms with E-state index in [1.54, 1.807) is 6.20 Å². The van der Waals surface area contributed by atoms with Crippen LogP contribution in [0.25, 0.3) is 0 Å². The highest BCUT2D eigenvalue weighted by molar-refractivity contribution is 5.38. The predicted molar refractivity (Wildman–Crippen MR) is 84.4 cm³/mol. The second-order valence-corrected chi connectivity index (χ2v) is 4.98. The Hall–Kier alpha value is -2.17. The molecule has 0 unspecified atom stereocenters. The minimum atomic E-state index is 0.764. The molecule has 2 rings (SSSR count). The van der Waals surface area contributed by atoms with Crippen LogP contribution in [-0.4, -0.2) is 43.1 Å². The molecule has 0 aliphatic rings. The first-order chi connectivity index (χ1) is 9.40. The maximum Gasteiger partial charge on any atom is 0.224 e. The molecule has 0 saturated carbocycles. The number of anilines is 2.